The topological polar surface area (TPSA) is 59.2 Å². The molecule has 22 heavy (non-hydrogen) atoms. The Kier molecular flexibility index (Phi) is 4.29. The maximum absolute atomic E-state index is 12.6. The molecule has 5 nitrogen and oxygen atoms in total. The van der Waals surface area contributed by atoms with Gasteiger partial charge in [-0.3, -0.25) is 4.79 Å². The molecular weight excluding hydrogens is 298 g/mol. The van der Waals surface area contributed by atoms with Gasteiger partial charge in [0, 0.05) is 23.9 Å². The Morgan fingerprint density at radius 1 is 1.55 bits per heavy atom. The summed E-state index contributed by atoms with van der Waals surface area (Å²) in [6.45, 7) is 6.90. The minimum atomic E-state index is 0.0492. The Morgan fingerprint density at radius 3 is 3.00 bits per heavy atom. The van der Waals surface area contributed by atoms with Crippen LogP contribution in [0.4, 0.5) is 0 Å². The van der Waals surface area contributed by atoms with E-state index in [1.54, 1.807) is 11.3 Å². The second kappa shape index (κ2) is 6.20. The van der Waals surface area contributed by atoms with Crippen molar-refractivity contribution in [3.05, 3.63) is 33.6 Å². The zero-order chi connectivity index (χ0) is 15.7. The lowest BCUT2D eigenvalue weighted by atomic mass is 10.1. The molecule has 3 heterocycles. The van der Waals surface area contributed by atoms with Crippen molar-refractivity contribution in [1.29, 1.82) is 0 Å². The van der Waals surface area contributed by atoms with Gasteiger partial charge >= 0.3 is 0 Å². The number of hydrogen-bond donors (Lipinski definition) is 0. The summed E-state index contributed by atoms with van der Waals surface area (Å²) in [5.74, 6) is 1.32. The van der Waals surface area contributed by atoms with Crippen LogP contribution in [0.15, 0.2) is 16.0 Å². The minimum Gasteiger partial charge on any atom is -0.361 e. The zero-order valence-corrected chi connectivity index (χ0v) is 14.0. The highest BCUT2D eigenvalue weighted by molar-refractivity contribution is 7.09. The first-order valence-electron chi connectivity index (χ1n) is 7.71. The van der Waals surface area contributed by atoms with Gasteiger partial charge in [0.15, 0.2) is 0 Å². The summed E-state index contributed by atoms with van der Waals surface area (Å²) in [4.78, 5) is 19.1. The van der Waals surface area contributed by atoms with Crippen LogP contribution in [0, 0.1) is 6.92 Å². The van der Waals surface area contributed by atoms with Crippen LogP contribution >= 0.6 is 11.3 Å². The molecule has 3 rings (SSSR count). The maximum atomic E-state index is 12.6. The number of amides is 1. The van der Waals surface area contributed by atoms with Crippen LogP contribution < -0.4 is 0 Å². The highest BCUT2D eigenvalue weighted by atomic mass is 32.1. The molecule has 0 bridgehead atoms. The predicted molar refractivity (Wildman–Crippen MR) is 84.8 cm³/mol. The Bertz CT molecular complexity index is 662. The standard InChI is InChI=1S/C16H21N3O2S/c1-10(2)16-17-12(9-22-16)8-15(20)19-6-4-5-14(19)13-7-11(3)21-18-13/h7,9-10,14H,4-6,8H2,1-3H3. The van der Waals surface area contributed by atoms with Crippen molar-refractivity contribution in [2.45, 2.75) is 52.0 Å². The van der Waals surface area contributed by atoms with Crippen LogP contribution in [-0.4, -0.2) is 27.5 Å². The lowest BCUT2D eigenvalue weighted by Crippen LogP contribution is -2.32. The van der Waals surface area contributed by atoms with Gasteiger partial charge in [-0.05, 0) is 19.8 Å². The van der Waals surface area contributed by atoms with Crippen LogP contribution in [0.1, 0.15) is 60.8 Å². The average molecular weight is 319 g/mol. The van der Waals surface area contributed by atoms with E-state index in [-0.39, 0.29) is 11.9 Å². The van der Waals surface area contributed by atoms with E-state index >= 15 is 0 Å². The number of hydrogen-bond acceptors (Lipinski definition) is 5. The molecule has 0 N–H and O–H groups in total. The fourth-order valence-corrected chi connectivity index (χ4v) is 3.68. The first-order chi connectivity index (χ1) is 10.5. The molecule has 0 radical (unpaired) electrons. The summed E-state index contributed by atoms with van der Waals surface area (Å²) in [5, 5.41) is 7.17. The Morgan fingerprint density at radius 2 is 2.36 bits per heavy atom. The van der Waals surface area contributed by atoms with Crippen molar-refractivity contribution >= 4 is 17.2 Å². The van der Waals surface area contributed by atoms with Crippen LogP contribution in [0.3, 0.4) is 0 Å². The molecular formula is C16H21N3O2S. The van der Waals surface area contributed by atoms with Gasteiger partial charge in [0.05, 0.1) is 23.2 Å². The maximum Gasteiger partial charge on any atom is 0.229 e. The van der Waals surface area contributed by atoms with Crippen molar-refractivity contribution < 1.29 is 9.32 Å². The van der Waals surface area contributed by atoms with E-state index in [2.05, 4.69) is 24.0 Å². The van der Waals surface area contributed by atoms with E-state index in [0.717, 1.165) is 41.5 Å². The first kappa shape index (κ1) is 15.2. The first-order valence-corrected chi connectivity index (χ1v) is 8.59. The summed E-state index contributed by atoms with van der Waals surface area (Å²) in [6, 6.07) is 1.98. The Labute approximate surface area is 134 Å². The van der Waals surface area contributed by atoms with E-state index in [1.165, 1.54) is 0 Å². The molecule has 2 aromatic rings. The zero-order valence-electron chi connectivity index (χ0n) is 13.2. The normalized spacial score (nSPS) is 18.4. The molecule has 1 aliphatic rings. The second-order valence-electron chi connectivity index (χ2n) is 6.12. The number of aromatic nitrogens is 2. The number of carbonyl (C=O) groups excluding carboxylic acids is 1. The van der Waals surface area contributed by atoms with Gasteiger partial charge in [0.2, 0.25) is 5.91 Å². The van der Waals surface area contributed by atoms with Crippen LogP contribution in [-0.2, 0) is 11.2 Å². The van der Waals surface area contributed by atoms with E-state index in [1.807, 2.05) is 23.3 Å². The molecule has 1 aliphatic heterocycles. The summed E-state index contributed by atoms with van der Waals surface area (Å²) >= 11 is 1.63. The molecule has 1 fully saturated rings. The fourth-order valence-electron chi connectivity index (χ4n) is 2.84. The van der Waals surface area contributed by atoms with Crippen LogP contribution in [0.2, 0.25) is 0 Å². The molecule has 1 saturated heterocycles. The summed E-state index contributed by atoms with van der Waals surface area (Å²) in [7, 11) is 0. The number of carbonyl (C=O) groups is 1. The molecule has 1 unspecified atom stereocenters. The SMILES string of the molecule is Cc1cc(C2CCCN2C(=O)Cc2csc(C(C)C)n2)no1. The van der Waals surface area contributed by atoms with E-state index < -0.39 is 0 Å². The predicted octanol–water partition coefficient (Wildman–Crippen LogP) is 3.47. The Balaban J connectivity index is 1.70. The lowest BCUT2D eigenvalue weighted by molar-refractivity contribution is -0.131. The highest BCUT2D eigenvalue weighted by Gasteiger charge is 2.32. The van der Waals surface area contributed by atoms with Gasteiger partial charge in [-0.25, -0.2) is 4.98 Å². The van der Waals surface area contributed by atoms with Gasteiger partial charge in [-0.2, -0.15) is 0 Å². The third-order valence-corrected chi connectivity index (χ3v) is 5.15. The molecule has 0 spiro atoms. The number of thiazole rings is 1. The number of nitrogens with zero attached hydrogens (tertiary/aromatic N) is 3. The molecule has 0 saturated carbocycles. The third-order valence-electron chi connectivity index (χ3n) is 3.96. The highest BCUT2D eigenvalue weighted by Crippen LogP contribution is 2.32. The smallest absolute Gasteiger partial charge is 0.229 e. The van der Waals surface area contributed by atoms with Crippen molar-refractivity contribution in [3.8, 4) is 0 Å². The van der Waals surface area contributed by atoms with Gasteiger partial charge in [-0.15, -0.1) is 11.3 Å². The molecule has 1 amide bonds. The summed E-state index contributed by atoms with van der Waals surface area (Å²) in [5.41, 5.74) is 1.74. The molecule has 0 aromatic carbocycles. The molecule has 1 atom stereocenters. The summed E-state index contributed by atoms with van der Waals surface area (Å²) < 4.78 is 5.15. The molecule has 6 heteroatoms. The van der Waals surface area contributed by atoms with Gasteiger partial charge in [0.25, 0.3) is 0 Å². The largest absolute Gasteiger partial charge is 0.361 e. The number of likely N-dealkylation sites (tertiary alicyclic amines) is 1. The molecule has 118 valence electrons. The summed E-state index contributed by atoms with van der Waals surface area (Å²) in [6.07, 6.45) is 2.33. The van der Waals surface area contributed by atoms with Crippen molar-refractivity contribution in [1.82, 2.24) is 15.0 Å². The quantitative estimate of drug-likeness (QED) is 0.866. The number of rotatable bonds is 4. The van der Waals surface area contributed by atoms with Gasteiger partial charge in [0.1, 0.15) is 11.5 Å². The monoisotopic (exact) mass is 319 g/mol. The third kappa shape index (κ3) is 3.06. The number of aryl methyl sites for hydroxylation is 1. The van der Waals surface area contributed by atoms with E-state index in [4.69, 9.17) is 4.52 Å². The van der Waals surface area contributed by atoms with Crippen molar-refractivity contribution in [3.63, 3.8) is 0 Å². The van der Waals surface area contributed by atoms with Crippen LogP contribution in [0.5, 0.6) is 0 Å². The second-order valence-corrected chi connectivity index (χ2v) is 7.01. The van der Waals surface area contributed by atoms with Crippen molar-refractivity contribution in [2.75, 3.05) is 6.54 Å². The average Bonchev–Trinajstić information content (AvgIpc) is 3.16. The van der Waals surface area contributed by atoms with Crippen LogP contribution in [0.25, 0.3) is 0 Å². The van der Waals surface area contributed by atoms with Gasteiger partial charge in [-0.1, -0.05) is 19.0 Å². The Hall–Kier alpha value is -1.69. The lowest BCUT2D eigenvalue weighted by Gasteiger charge is -2.22. The molecule has 0 aliphatic carbocycles. The van der Waals surface area contributed by atoms with E-state index in [0.29, 0.717) is 12.3 Å². The van der Waals surface area contributed by atoms with Gasteiger partial charge < -0.3 is 9.42 Å². The minimum absolute atomic E-state index is 0.0492. The molecule has 2 aromatic heterocycles. The fraction of sp³-hybridized carbons (Fsp3) is 0.562. The van der Waals surface area contributed by atoms with E-state index in [9.17, 15) is 4.79 Å². The van der Waals surface area contributed by atoms with Crippen molar-refractivity contribution in [2.24, 2.45) is 0 Å².